The molecule has 0 saturated heterocycles. The number of halogens is 1. The van der Waals surface area contributed by atoms with Crippen LogP contribution in [0.15, 0.2) is 24.5 Å². The van der Waals surface area contributed by atoms with Crippen LogP contribution in [0.25, 0.3) is 11.1 Å². The summed E-state index contributed by atoms with van der Waals surface area (Å²) < 4.78 is 28.9. The first-order valence-electron chi connectivity index (χ1n) is 9.25. The second-order valence-corrected chi connectivity index (χ2v) is 5.94. The minimum atomic E-state index is -2.69. The molecule has 0 unspecified atom stereocenters. The van der Waals surface area contributed by atoms with Crippen LogP contribution in [0.3, 0.4) is 0 Å². The molecule has 1 amide bonds. The largest absolute Gasteiger partial charge is 0.492 e. The highest BCUT2D eigenvalue weighted by molar-refractivity contribution is 6.29. The van der Waals surface area contributed by atoms with E-state index in [0.717, 1.165) is 16.8 Å². The molecule has 10 heteroatoms. The van der Waals surface area contributed by atoms with E-state index >= 15 is 0 Å². The summed E-state index contributed by atoms with van der Waals surface area (Å²) in [6.07, 6.45) is 3.40. The average molecular weight is 391 g/mol. The van der Waals surface area contributed by atoms with Crippen LogP contribution in [-0.4, -0.2) is 45.0 Å². The highest BCUT2D eigenvalue weighted by Gasteiger charge is 2.19. The van der Waals surface area contributed by atoms with Crippen LogP contribution in [0.2, 0.25) is 5.15 Å². The van der Waals surface area contributed by atoms with Crippen molar-refractivity contribution in [3.63, 3.8) is 0 Å². The molecule has 0 saturated carbocycles. The smallest absolute Gasteiger partial charge is 0.273 e. The summed E-state index contributed by atoms with van der Waals surface area (Å²) in [6, 6.07) is 3.11. The third-order valence-corrected chi connectivity index (χ3v) is 3.94. The number of carbonyl (C=O) groups is 1. The number of amides is 1. The van der Waals surface area contributed by atoms with Crippen molar-refractivity contribution >= 4 is 29.0 Å². The first-order chi connectivity index (χ1) is 14.1. The summed E-state index contributed by atoms with van der Waals surface area (Å²) in [7, 11) is 3.29. The van der Waals surface area contributed by atoms with Crippen LogP contribution < -0.4 is 15.4 Å². The van der Waals surface area contributed by atoms with Crippen molar-refractivity contribution in [2.75, 3.05) is 19.4 Å². The summed E-state index contributed by atoms with van der Waals surface area (Å²) in [5, 5.41) is 16.5. The first-order valence-corrected chi connectivity index (χ1v) is 8.13. The highest BCUT2D eigenvalue weighted by atomic mass is 35.5. The molecule has 3 aromatic rings. The molecule has 0 fully saturated rings. The molecule has 9 nitrogen and oxygen atoms in total. The lowest BCUT2D eigenvalue weighted by atomic mass is 10.1. The van der Waals surface area contributed by atoms with Gasteiger partial charge < -0.3 is 15.4 Å². The fraction of sp³-hybridized carbons (Fsp3) is 0.235. The Bertz CT molecular complexity index is 1100. The summed E-state index contributed by atoms with van der Waals surface area (Å²) in [6.45, 7) is -0.824. The van der Waals surface area contributed by atoms with Crippen LogP contribution in [-0.2, 0) is 7.05 Å². The number of aryl methyl sites for hydroxylation is 2. The lowest BCUT2D eigenvalue weighted by molar-refractivity contribution is 0.0958. The monoisotopic (exact) mass is 390 g/mol. The molecule has 140 valence electrons. The van der Waals surface area contributed by atoms with Gasteiger partial charge in [-0.1, -0.05) is 11.6 Å². The van der Waals surface area contributed by atoms with Crippen molar-refractivity contribution in [1.29, 1.82) is 0 Å². The van der Waals surface area contributed by atoms with Crippen molar-refractivity contribution in [2.24, 2.45) is 7.05 Å². The van der Waals surface area contributed by atoms with E-state index in [2.05, 4.69) is 25.6 Å². The van der Waals surface area contributed by atoms with E-state index in [0.29, 0.717) is 5.75 Å². The molecular weight excluding hydrogens is 370 g/mol. The summed E-state index contributed by atoms with van der Waals surface area (Å²) in [5.74, 6) is -0.283. The number of pyridine rings is 1. The van der Waals surface area contributed by atoms with Crippen LogP contribution in [0.1, 0.15) is 20.3 Å². The molecule has 0 radical (unpaired) electrons. The minimum absolute atomic E-state index is 0.00107. The van der Waals surface area contributed by atoms with Gasteiger partial charge >= 0.3 is 0 Å². The molecule has 0 aliphatic heterocycles. The van der Waals surface area contributed by atoms with E-state index in [1.54, 1.807) is 16.9 Å². The van der Waals surface area contributed by atoms with E-state index in [4.69, 9.17) is 20.5 Å². The van der Waals surface area contributed by atoms with Gasteiger partial charge in [0.2, 0.25) is 0 Å². The lowest BCUT2D eigenvalue weighted by Crippen LogP contribution is -2.21. The Hall–Kier alpha value is -3.20. The fourth-order valence-electron chi connectivity index (χ4n) is 2.64. The van der Waals surface area contributed by atoms with Crippen LogP contribution >= 0.6 is 11.6 Å². The maximum absolute atomic E-state index is 12.4. The van der Waals surface area contributed by atoms with Gasteiger partial charge in [-0.25, -0.2) is 4.98 Å². The number of hydrogen-bond donors (Lipinski definition) is 2. The molecule has 0 bridgehead atoms. The third-order valence-electron chi connectivity index (χ3n) is 3.76. The van der Waals surface area contributed by atoms with Gasteiger partial charge in [-0.3, -0.25) is 9.48 Å². The lowest BCUT2D eigenvalue weighted by Gasteiger charge is -2.15. The Balaban J connectivity index is 2.05. The predicted octanol–water partition coefficient (Wildman–Crippen LogP) is 2.35. The van der Waals surface area contributed by atoms with Crippen LogP contribution in [0.4, 0.5) is 11.5 Å². The molecule has 2 N–H and O–H groups in total. The standard InChI is InChI=1S/C17H18ClN7O2/c1-9-11(8-25(3)24-9)10-5-6-20-16(15(10)27-4)21-12-7-13(18)22-23-14(12)17(26)19-2/h5-8H,1-4H3,(H,19,26)(H,20,21,22)/i2D3. The number of carbonyl (C=O) groups excluding carboxylic acids is 1. The molecule has 0 spiro atoms. The Morgan fingerprint density at radius 2 is 2.19 bits per heavy atom. The molecule has 0 aliphatic rings. The normalized spacial score (nSPS) is 12.7. The number of hydrogen-bond acceptors (Lipinski definition) is 7. The van der Waals surface area contributed by atoms with E-state index in [9.17, 15) is 4.79 Å². The van der Waals surface area contributed by atoms with Gasteiger partial charge in [0.25, 0.3) is 5.91 Å². The van der Waals surface area contributed by atoms with Gasteiger partial charge in [0.15, 0.2) is 22.4 Å². The Morgan fingerprint density at radius 1 is 1.37 bits per heavy atom. The Morgan fingerprint density at radius 3 is 2.85 bits per heavy atom. The van der Waals surface area contributed by atoms with Crippen LogP contribution in [0, 0.1) is 6.92 Å². The number of anilines is 2. The highest BCUT2D eigenvalue weighted by Crippen LogP contribution is 2.37. The second-order valence-electron chi connectivity index (χ2n) is 5.55. The van der Waals surface area contributed by atoms with E-state index in [1.807, 2.05) is 25.5 Å². The maximum Gasteiger partial charge on any atom is 0.273 e. The Kier molecular flexibility index (Phi) is 4.19. The molecule has 3 heterocycles. The van der Waals surface area contributed by atoms with Crippen molar-refractivity contribution in [1.82, 2.24) is 30.3 Å². The molecule has 27 heavy (non-hydrogen) atoms. The number of ether oxygens (including phenoxy) is 1. The zero-order valence-corrected chi connectivity index (χ0v) is 15.5. The van der Waals surface area contributed by atoms with Crippen molar-refractivity contribution < 1.29 is 13.6 Å². The quantitative estimate of drug-likeness (QED) is 0.688. The first kappa shape index (κ1) is 14.9. The molecule has 0 aromatic carbocycles. The molecule has 0 atom stereocenters. The molecule has 3 rings (SSSR count). The van der Waals surface area contributed by atoms with Gasteiger partial charge in [-0.15, -0.1) is 10.2 Å². The van der Waals surface area contributed by atoms with Crippen molar-refractivity contribution in [3.05, 3.63) is 41.1 Å². The van der Waals surface area contributed by atoms with Crippen molar-refractivity contribution in [3.8, 4) is 16.9 Å². The molecule has 0 aliphatic carbocycles. The van der Waals surface area contributed by atoms with Gasteiger partial charge in [0.1, 0.15) is 0 Å². The van der Waals surface area contributed by atoms with Gasteiger partial charge in [0, 0.05) is 47.7 Å². The Labute approximate surface area is 164 Å². The summed E-state index contributed by atoms with van der Waals surface area (Å²) in [5.41, 5.74) is 2.21. The number of aromatic nitrogens is 5. The minimum Gasteiger partial charge on any atom is -0.492 e. The second kappa shape index (κ2) is 7.58. The van der Waals surface area contributed by atoms with Gasteiger partial charge in [-0.2, -0.15) is 5.10 Å². The zero-order chi connectivity index (χ0) is 22.1. The average Bonchev–Trinajstić information content (AvgIpc) is 2.98. The number of nitrogens with one attached hydrogen (secondary N) is 2. The SMILES string of the molecule is [2H]C([2H])([2H])NC(=O)c1nnc(Cl)cc1Nc1nccc(-c2cn(C)nc2C)c1OC. The summed E-state index contributed by atoms with van der Waals surface area (Å²) >= 11 is 5.93. The predicted molar refractivity (Wildman–Crippen MR) is 101 cm³/mol. The number of methoxy groups -OCH3 is 1. The van der Waals surface area contributed by atoms with E-state index < -0.39 is 12.9 Å². The van der Waals surface area contributed by atoms with Crippen molar-refractivity contribution in [2.45, 2.75) is 6.92 Å². The van der Waals surface area contributed by atoms with Gasteiger partial charge in [0.05, 0.1) is 18.5 Å². The fourth-order valence-corrected chi connectivity index (χ4v) is 2.78. The zero-order valence-electron chi connectivity index (χ0n) is 17.7. The molecule has 3 aromatic heterocycles. The maximum atomic E-state index is 12.4. The third kappa shape index (κ3) is 3.68. The summed E-state index contributed by atoms with van der Waals surface area (Å²) in [4.78, 5) is 16.6. The number of rotatable bonds is 5. The molecular formula is C17H18ClN7O2. The topological polar surface area (TPSA) is 107 Å². The van der Waals surface area contributed by atoms with E-state index in [-0.39, 0.29) is 22.4 Å². The van der Waals surface area contributed by atoms with Crippen LogP contribution in [0.5, 0.6) is 5.75 Å². The van der Waals surface area contributed by atoms with E-state index in [1.165, 1.54) is 13.2 Å². The van der Waals surface area contributed by atoms with Gasteiger partial charge in [-0.05, 0) is 13.0 Å². The number of nitrogens with zero attached hydrogens (tertiary/aromatic N) is 5.